The van der Waals surface area contributed by atoms with Gasteiger partial charge in [-0.25, -0.2) is 27.5 Å². The lowest BCUT2D eigenvalue weighted by Crippen LogP contribution is -2.56. The Bertz CT molecular complexity index is 1590. The Labute approximate surface area is 241 Å². The number of aromatic nitrogens is 2. The molecule has 2 aliphatic rings. The molecule has 1 N–H and O–H groups in total. The van der Waals surface area contributed by atoms with E-state index in [4.69, 9.17) is 11.6 Å². The van der Waals surface area contributed by atoms with E-state index in [-0.39, 0.29) is 40.8 Å². The summed E-state index contributed by atoms with van der Waals surface area (Å²) in [7, 11) is 0. The molecule has 3 amide bonds. The molecule has 1 saturated heterocycles. The number of carbonyl (C=O) groups is 3. The summed E-state index contributed by atoms with van der Waals surface area (Å²) in [6, 6.07) is 7.26. The van der Waals surface area contributed by atoms with E-state index in [1.54, 1.807) is 6.07 Å². The first-order valence-electron chi connectivity index (χ1n) is 12.7. The third kappa shape index (κ3) is 5.75. The highest BCUT2D eigenvalue weighted by Gasteiger charge is 2.49. The van der Waals surface area contributed by atoms with Gasteiger partial charge in [0.2, 0.25) is 17.8 Å². The van der Waals surface area contributed by atoms with Crippen LogP contribution < -0.4 is 15.1 Å². The Hall–Kier alpha value is -4.57. The molecule has 14 heteroatoms. The fourth-order valence-electron chi connectivity index (χ4n) is 5.08. The van der Waals surface area contributed by atoms with Crippen LogP contribution in [0.2, 0.25) is 5.02 Å². The van der Waals surface area contributed by atoms with Crippen LogP contribution in [0.3, 0.4) is 0 Å². The maximum Gasteiger partial charge on any atom is 0.252 e. The molecule has 2 heterocycles. The first-order valence-corrected chi connectivity index (χ1v) is 13.1. The van der Waals surface area contributed by atoms with E-state index in [0.717, 1.165) is 21.9 Å². The minimum absolute atomic E-state index is 0.00988. The van der Waals surface area contributed by atoms with Gasteiger partial charge >= 0.3 is 0 Å². The van der Waals surface area contributed by atoms with Gasteiger partial charge in [0.1, 0.15) is 35.5 Å². The van der Waals surface area contributed by atoms with E-state index < -0.39 is 66.2 Å². The number of benzene rings is 2. The van der Waals surface area contributed by atoms with Gasteiger partial charge in [-0.15, -0.1) is 0 Å². The smallest absolute Gasteiger partial charge is 0.252 e. The quantitative estimate of drug-likeness (QED) is 0.400. The molecule has 9 nitrogen and oxygen atoms in total. The molecule has 2 fully saturated rings. The summed E-state index contributed by atoms with van der Waals surface area (Å²) in [5, 5.41) is 11.8. The Morgan fingerprint density at radius 3 is 2.48 bits per heavy atom. The summed E-state index contributed by atoms with van der Waals surface area (Å²) in [5.41, 5.74) is -0.428. The van der Waals surface area contributed by atoms with Crippen LogP contribution in [0, 0.1) is 23.0 Å². The molecule has 1 aliphatic carbocycles. The summed E-state index contributed by atoms with van der Waals surface area (Å²) in [6.45, 7) is 0. The van der Waals surface area contributed by atoms with Crippen molar-refractivity contribution >= 4 is 41.0 Å². The van der Waals surface area contributed by atoms with Crippen molar-refractivity contribution in [3.05, 3.63) is 82.6 Å². The van der Waals surface area contributed by atoms with Crippen molar-refractivity contribution in [2.24, 2.45) is 0 Å². The van der Waals surface area contributed by atoms with Gasteiger partial charge in [0.25, 0.3) is 11.8 Å². The van der Waals surface area contributed by atoms with Gasteiger partial charge in [0.15, 0.2) is 0 Å². The maximum absolute atomic E-state index is 14.5. The van der Waals surface area contributed by atoms with Gasteiger partial charge in [0.05, 0.1) is 5.69 Å². The van der Waals surface area contributed by atoms with Gasteiger partial charge in [-0.3, -0.25) is 24.2 Å². The van der Waals surface area contributed by atoms with Crippen LogP contribution in [0.25, 0.3) is 0 Å². The van der Waals surface area contributed by atoms with E-state index >= 15 is 0 Å². The van der Waals surface area contributed by atoms with Gasteiger partial charge in [0, 0.05) is 48.2 Å². The largest absolute Gasteiger partial charge is 0.351 e. The number of hydrogen-bond acceptors (Lipinski definition) is 6. The molecule has 0 bridgehead atoms. The monoisotopic (exact) mass is 600 g/mol. The van der Waals surface area contributed by atoms with Crippen molar-refractivity contribution in [2.75, 3.05) is 9.80 Å². The number of halogens is 5. The number of nitrogens with one attached hydrogen (secondary N) is 1. The van der Waals surface area contributed by atoms with Crippen LogP contribution in [-0.2, 0) is 14.4 Å². The van der Waals surface area contributed by atoms with Crippen molar-refractivity contribution in [3.8, 4) is 6.07 Å². The molecule has 1 aromatic heterocycles. The Kier molecular flexibility index (Phi) is 7.83. The van der Waals surface area contributed by atoms with Gasteiger partial charge in [-0.1, -0.05) is 29.8 Å². The number of anilines is 2. The predicted molar refractivity (Wildman–Crippen MR) is 141 cm³/mol. The average Bonchev–Trinajstić information content (AvgIpc) is 3.31. The minimum Gasteiger partial charge on any atom is -0.351 e. The number of carbonyl (C=O) groups excluding carboxylic acids is 3. The highest BCUT2D eigenvalue weighted by molar-refractivity contribution is 6.31. The molecule has 5 rings (SSSR count). The van der Waals surface area contributed by atoms with Crippen molar-refractivity contribution in [1.29, 1.82) is 5.26 Å². The summed E-state index contributed by atoms with van der Waals surface area (Å²) < 4.78 is 56.2. The summed E-state index contributed by atoms with van der Waals surface area (Å²) in [6.07, 6.45) is -0.260. The Morgan fingerprint density at radius 2 is 1.83 bits per heavy atom. The van der Waals surface area contributed by atoms with Crippen LogP contribution in [-0.4, -0.2) is 45.7 Å². The van der Waals surface area contributed by atoms with Crippen molar-refractivity contribution in [2.45, 2.75) is 49.7 Å². The SMILES string of the molecule is N#Cc1ccnc(N2C(=O)CC[C@H]2C(=O)N(c2cc(F)cc(F)c2)C(C(=O)NC2CC(F)(F)C2)c2ccccc2Cl)n1. The van der Waals surface area contributed by atoms with Crippen molar-refractivity contribution < 1.29 is 31.9 Å². The minimum atomic E-state index is -2.97. The molecule has 1 saturated carbocycles. The van der Waals surface area contributed by atoms with Gasteiger partial charge < -0.3 is 5.32 Å². The van der Waals surface area contributed by atoms with E-state index in [9.17, 15) is 37.2 Å². The topological polar surface area (TPSA) is 119 Å². The lowest BCUT2D eigenvalue weighted by molar-refractivity contribution is -0.133. The van der Waals surface area contributed by atoms with Gasteiger partial charge in [-0.05, 0) is 30.7 Å². The summed E-state index contributed by atoms with van der Waals surface area (Å²) in [5.74, 6) is -7.80. The normalized spacial score (nSPS) is 18.6. The first-order chi connectivity index (χ1) is 20.0. The van der Waals surface area contributed by atoms with Crippen molar-refractivity contribution in [3.63, 3.8) is 0 Å². The standard InChI is InChI=1S/C28H21ClF4N6O3/c29-21-4-2-1-3-20(21)24(25(41)36-18-12-28(32,33)13-18)38(19-10-15(30)9-16(31)11-19)26(42)22-5-6-23(40)39(22)27-35-8-7-17(14-34)37-27/h1-4,7-11,18,22,24H,5-6,12-13H2,(H,36,41)/t22-,24?/m0/s1. The fraction of sp³-hybridized carbons (Fsp3) is 0.286. The molecule has 2 aromatic carbocycles. The van der Waals surface area contributed by atoms with Gasteiger partial charge in [-0.2, -0.15) is 5.26 Å². The molecule has 1 unspecified atom stereocenters. The molecule has 0 spiro atoms. The average molecular weight is 601 g/mol. The van der Waals surface area contributed by atoms with Crippen LogP contribution in [0.15, 0.2) is 54.7 Å². The maximum atomic E-state index is 14.5. The van der Waals surface area contributed by atoms with Crippen LogP contribution in [0.5, 0.6) is 0 Å². The van der Waals surface area contributed by atoms with Crippen molar-refractivity contribution in [1.82, 2.24) is 15.3 Å². The molecule has 216 valence electrons. The number of hydrogen-bond donors (Lipinski definition) is 1. The molecular weight excluding hydrogens is 580 g/mol. The third-order valence-electron chi connectivity index (χ3n) is 6.98. The molecule has 42 heavy (non-hydrogen) atoms. The fourth-order valence-corrected chi connectivity index (χ4v) is 5.31. The highest BCUT2D eigenvalue weighted by Crippen LogP contribution is 2.40. The molecule has 3 aromatic rings. The highest BCUT2D eigenvalue weighted by atomic mass is 35.5. The molecule has 0 radical (unpaired) electrons. The summed E-state index contributed by atoms with van der Waals surface area (Å²) in [4.78, 5) is 50.9. The molecular formula is C28H21ClF4N6O3. The van der Waals surface area contributed by atoms with Crippen LogP contribution >= 0.6 is 11.6 Å². The number of rotatable bonds is 7. The zero-order chi connectivity index (χ0) is 30.2. The van der Waals surface area contributed by atoms with E-state index in [0.29, 0.717) is 6.07 Å². The second kappa shape index (κ2) is 11.4. The number of alkyl halides is 2. The van der Waals surface area contributed by atoms with E-state index in [1.165, 1.54) is 30.5 Å². The van der Waals surface area contributed by atoms with Crippen LogP contribution in [0.1, 0.15) is 43.0 Å². The predicted octanol–water partition coefficient (Wildman–Crippen LogP) is 4.46. The zero-order valence-electron chi connectivity index (χ0n) is 21.6. The summed E-state index contributed by atoms with van der Waals surface area (Å²) >= 11 is 6.43. The lowest BCUT2D eigenvalue weighted by atomic mass is 9.87. The van der Waals surface area contributed by atoms with E-state index in [2.05, 4.69) is 15.3 Å². The zero-order valence-corrected chi connectivity index (χ0v) is 22.4. The van der Waals surface area contributed by atoms with E-state index in [1.807, 2.05) is 6.07 Å². The Balaban J connectivity index is 1.63. The second-order valence-electron chi connectivity index (χ2n) is 9.90. The number of nitriles is 1. The van der Waals surface area contributed by atoms with Crippen LogP contribution in [0.4, 0.5) is 29.2 Å². The second-order valence-corrected chi connectivity index (χ2v) is 10.3. The number of nitrogens with zero attached hydrogens (tertiary/aromatic N) is 5. The third-order valence-corrected chi connectivity index (χ3v) is 7.32. The lowest BCUT2D eigenvalue weighted by Gasteiger charge is -2.39. The molecule has 1 aliphatic heterocycles. The first kappa shape index (κ1) is 28.9. The molecule has 2 atom stereocenters. The number of amides is 3. The Morgan fingerprint density at radius 1 is 1.14 bits per heavy atom.